The third-order valence-corrected chi connectivity index (χ3v) is 6.29. The molecule has 2 amide bonds. The maximum absolute atomic E-state index is 12.3. The van der Waals surface area contributed by atoms with Crippen LogP contribution in [0.3, 0.4) is 0 Å². The number of likely N-dealkylation sites (N-methyl/N-ethyl adjacent to an activating group) is 1. The van der Waals surface area contributed by atoms with Crippen molar-refractivity contribution in [1.29, 1.82) is 0 Å². The predicted octanol–water partition coefficient (Wildman–Crippen LogP) is 3.52. The van der Waals surface area contributed by atoms with Gasteiger partial charge in [-0.05, 0) is 49.3 Å². The molecule has 0 aliphatic carbocycles. The summed E-state index contributed by atoms with van der Waals surface area (Å²) in [5, 5.41) is 3.46. The molecule has 3 rings (SSSR count). The minimum absolute atomic E-state index is 0.00710. The van der Waals surface area contributed by atoms with Gasteiger partial charge in [0, 0.05) is 69.1 Å². The molecule has 0 saturated carbocycles. The molecule has 0 bridgehead atoms. The lowest BCUT2D eigenvalue weighted by atomic mass is 10.1. The molecule has 33 heavy (non-hydrogen) atoms. The molecule has 2 aliphatic rings. The fourth-order valence-corrected chi connectivity index (χ4v) is 4.24. The van der Waals surface area contributed by atoms with Gasteiger partial charge in [0.1, 0.15) is 5.82 Å². The number of nitrogens with one attached hydrogen (secondary N) is 1. The van der Waals surface area contributed by atoms with Crippen LogP contribution in [0.25, 0.3) is 0 Å². The van der Waals surface area contributed by atoms with Gasteiger partial charge in [-0.2, -0.15) is 12.6 Å². The molecule has 2 saturated heterocycles. The number of carbonyl (C=O) groups is 1. The van der Waals surface area contributed by atoms with E-state index in [1.54, 1.807) is 9.80 Å². The molecule has 2 fully saturated rings. The maximum Gasteiger partial charge on any atom is 0.323 e. The third-order valence-electron chi connectivity index (χ3n) is 5.98. The van der Waals surface area contributed by atoms with Gasteiger partial charge in [0.2, 0.25) is 0 Å². The van der Waals surface area contributed by atoms with Crippen LogP contribution in [-0.4, -0.2) is 77.9 Å². The van der Waals surface area contributed by atoms with Crippen LogP contribution in [0.1, 0.15) is 17.5 Å². The summed E-state index contributed by atoms with van der Waals surface area (Å²) in [5.74, 6) is 1.82. The number of hydrogen-bond acceptors (Lipinski definition) is 6. The van der Waals surface area contributed by atoms with Crippen LogP contribution >= 0.6 is 12.6 Å². The Balaban J connectivity index is 1.82. The van der Waals surface area contributed by atoms with Crippen LogP contribution in [0.4, 0.5) is 10.6 Å². The Hall–Kier alpha value is -2.87. The zero-order valence-electron chi connectivity index (χ0n) is 20.0. The molecule has 0 radical (unpaired) electrons. The highest BCUT2D eigenvalue weighted by atomic mass is 32.1. The van der Waals surface area contributed by atoms with E-state index in [2.05, 4.69) is 65.8 Å². The Morgan fingerprint density at radius 2 is 2.06 bits per heavy atom. The zero-order valence-corrected chi connectivity index (χ0v) is 20.9. The fourth-order valence-electron chi connectivity index (χ4n) is 4.08. The van der Waals surface area contributed by atoms with Crippen molar-refractivity contribution in [2.75, 3.05) is 57.1 Å². The van der Waals surface area contributed by atoms with Gasteiger partial charge in [-0.1, -0.05) is 19.2 Å². The molecule has 1 aromatic heterocycles. The second kappa shape index (κ2) is 11.3. The molecule has 1 N–H and O–H groups in total. The lowest BCUT2D eigenvalue weighted by molar-refractivity contribution is 0.209. The number of anilines is 1. The van der Waals surface area contributed by atoms with Crippen LogP contribution in [0.5, 0.6) is 0 Å². The number of hydrogen-bond donors (Lipinski definition) is 2. The van der Waals surface area contributed by atoms with Crippen molar-refractivity contribution in [3.8, 4) is 0 Å². The Morgan fingerprint density at radius 1 is 1.27 bits per heavy atom. The molecule has 0 atom stereocenters. The number of pyridine rings is 1. The van der Waals surface area contributed by atoms with Gasteiger partial charge in [0.15, 0.2) is 0 Å². The Bertz CT molecular complexity index is 956. The molecule has 178 valence electrons. The zero-order chi connectivity index (χ0) is 24.0. The summed E-state index contributed by atoms with van der Waals surface area (Å²) < 4.78 is 0. The van der Waals surface area contributed by atoms with Crippen LogP contribution in [0, 0.1) is 13.8 Å². The topological polar surface area (TPSA) is 55.0 Å². The number of aryl methyl sites for hydroxylation is 2. The lowest BCUT2D eigenvalue weighted by Crippen LogP contribution is -2.28. The summed E-state index contributed by atoms with van der Waals surface area (Å²) >= 11 is 4.31. The first-order valence-electron chi connectivity index (χ1n) is 11.4. The average molecular weight is 469 g/mol. The van der Waals surface area contributed by atoms with Crippen LogP contribution < -0.4 is 10.2 Å². The van der Waals surface area contributed by atoms with Crippen LogP contribution in [0.15, 0.2) is 60.7 Å². The summed E-state index contributed by atoms with van der Waals surface area (Å²) in [7, 11) is 1.82. The number of nitrogens with zero attached hydrogens (tertiary/aromatic N) is 5. The minimum atomic E-state index is 0.00710. The van der Waals surface area contributed by atoms with E-state index in [1.165, 1.54) is 5.56 Å². The van der Waals surface area contributed by atoms with Crippen molar-refractivity contribution in [3.05, 3.63) is 71.9 Å². The first-order valence-corrected chi connectivity index (χ1v) is 12.0. The minimum Gasteiger partial charge on any atom is -0.384 e. The molecule has 7 nitrogen and oxygen atoms in total. The van der Waals surface area contributed by atoms with Gasteiger partial charge in [-0.15, -0.1) is 0 Å². The number of urea groups is 1. The Morgan fingerprint density at radius 3 is 2.70 bits per heavy atom. The van der Waals surface area contributed by atoms with Crippen molar-refractivity contribution in [3.63, 3.8) is 0 Å². The van der Waals surface area contributed by atoms with E-state index in [-0.39, 0.29) is 6.03 Å². The number of thiol groups is 1. The van der Waals surface area contributed by atoms with Gasteiger partial charge < -0.3 is 20.0 Å². The lowest BCUT2D eigenvalue weighted by Gasteiger charge is -2.25. The van der Waals surface area contributed by atoms with E-state index in [0.29, 0.717) is 13.2 Å². The maximum atomic E-state index is 12.3. The second-order valence-corrected chi connectivity index (χ2v) is 8.96. The standard InChI is InChI=1S/C25H36N6OS/c1-6-23(26-9-7-15-33)22(8-10-29-12-11-28(5)25(29)32)21(4)30-13-14-31(18-30)24-20(3)16-19(2)17-27-24/h6,8,10,16-17,26,33H,1,4,7,9,11-15,18H2,2-3,5H3/b10-8-,23-22-. The first-order chi connectivity index (χ1) is 15.8. The quantitative estimate of drug-likeness (QED) is 0.313. The van der Waals surface area contributed by atoms with Gasteiger partial charge in [0.05, 0.1) is 6.67 Å². The SMILES string of the molecule is C=C/C(NCCCS)=C(\C=C/N1CCN(C)C1=O)C(=C)N1CCN(c2ncc(C)cc2C)C1. The predicted molar refractivity (Wildman–Crippen MR) is 139 cm³/mol. The number of aromatic nitrogens is 1. The second-order valence-electron chi connectivity index (χ2n) is 8.52. The third kappa shape index (κ3) is 5.93. The Labute approximate surface area is 203 Å². The summed E-state index contributed by atoms with van der Waals surface area (Å²) in [4.78, 5) is 25.0. The summed E-state index contributed by atoms with van der Waals surface area (Å²) in [6.07, 6.45) is 8.51. The number of amides is 2. The molecule has 8 heteroatoms. The van der Waals surface area contributed by atoms with E-state index >= 15 is 0 Å². The average Bonchev–Trinajstić information content (AvgIpc) is 3.40. The fraction of sp³-hybridized carbons (Fsp3) is 0.440. The molecular formula is C25H36N6OS. The van der Waals surface area contributed by atoms with E-state index in [1.807, 2.05) is 31.6 Å². The van der Waals surface area contributed by atoms with Crippen molar-refractivity contribution in [2.24, 2.45) is 0 Å². The van der Waals surface area contributed by atoms with Crippen molar-refractivity contribution in [2.45, 2.75) is 20.3 Å². The van der Waals surface area contributed by atoms with E-state index in [4.69, 9.17) is 0 Å². The molecule has 0 spiro atoms. The molecule has 0 aromatic carbocycles. The van der Waals surface area contributed by atoms with Gasteiger partial charge >= 0.3 is 6.03 Å². The molecular weight excluding hydrogens is 432 g/mol. The highest BCUT2D eigenvalue weighted by molar-refractivity contribution is 7.80. The summed E-state index contributed by atoms with van der Waals surface area (Å²) in [5.41, 5.74) is 5.07. The number of carbonyl (C=O) groups excluding carboxylic acids is 1. The largest absolute Gasteiger partial charge is 0.384 e. The number of rotatable bonds is 10. The van der Waals surface area contributed by atoms with Gasteiger partial charge in [-0.25, -0.2) is 9.78 Å². The highest BCUT2D eigenvalue weighted by Gasteiger charge is 2.26. The summed E-state index contributed by atoms with van der Waals surface area (Å²) in [6, 6.07) is 2.17. The van der Waals surface area contributed by atoms with Crippen molar-refractivity contribution < 1.29 is 4.79 Å². The van der Waals surface area contributed by atoms with Crippen LogP contribution in [0.2, 0.25) is 0 Å². The molecule has 2 aliphatic heterocycles. The van der Waals surface area contributed by atoms with Crippen molar-refractivity contribution >= 4 is 24.5 Å². The monoisotopic (exact) mass is 468 g/mol. The highest BCUT2D eigenvalue weighted by Crippen LogP contribution is 2.26. The van der Waals surface area contributed by atoms with E-state index < -0.39 is 0 Å². The molecule has 0 unspecified atom stereocenters. The molecule has 3 heterocycles. The number of allylic oxidation sites excluding steroid dienone is 2. The van der Waals surface area contributed by atoms with Crippen LogP contribution in [-0.2, 0) is 0 Å². The normalized spacial score (nSPS) is 17.3. The smallest absolute Gasteiger partial charge is 0.323 e. The van der Waals surface area contributed by atoms with Gasteiger partial charge in [0.25, 0.3) is 0 Å². The van der Waals surface area contributed by atoms with Gasteiger partial charge in [-0.3, -0.25) is 4.90 Å². The van der Waals surface area contributed by atoms with E-state index in [9.17, 15) is 4.79 Å². The first kappa shape index (κ1) is 24.8. The van der Waals surface area contributed by atoms with Crippen molar-refractivity contribution in [1.82, 2.24) is 25.0 Å². The molecule has 1 aromatic rings. The van der Waals surface area contributed by atoms with E-state index in [0.717, 1.165) is 66.7 Å². The Kier molecular flexibility index (Phi) is 8.49. The summed E-state index contributed by atoms with van der Waals surface area (Å²) in [6.45, 7) is 17.2.